The topological polar surface area (TPSA) is 46.2 Å². The highest BCUT2D eigenvalue weighted by Gasteiger charge is 2.39. The van der Waals surface area contributed by atoms with Crippen LogP contribution in [0.4, 0.5) is 0 Å². The van der Waals surface area contributed by atoms with Crippen LogP contribution in [-0.4, -0.2) is 11.8 Å². The first-order valence-electron chi connectivity index (χ1n) is 7.76. The molecule has 1 aliphatic heterocycles. The lowest BCUT2D eigenvalue weighted by atomic mass is 9.70. The maximum atomic E-state index is 12.3. The van der Waals surface area contributed by atoms with Crippen molar-refractivity contribution in [1.29, 1.82) is 0 Å². The second kappa shape index (κ2) is 6.25. The largest absolute Gasteiger partial charge is 0.296 e. The van der Waals surface area contributed by atoms with E-state index < -0.39 is 0 Å². The van der Waals surface area contributed by atoms with Crippen LogP contribution in [0, 0.1) is 17.8 Å². The summed E-state index contributed by atoms with van der Waals surface area (Å²) in [5.74, 6) is 0.357. The monoisotopic (exact) mass is 283 g/mol. The molecule has 1 N–H and O–H groups in total. The molecule has 1 fully saturated rings. The van der Waals surface area contributed by atoms with Gasteiger partial charge in [-0.15, -0.1) is 0 Å². The number of imide groups is 1. The van der Waals surface area contributed by atoms with Crippen LogP contribution in [0.1, 0.15) is 31.2 Å². The number of hydrogen-bond acceptors (Lipinski definition) is 2. The number of nitrogens with one attached hydrogen (secondary N) is 1. The SMILES string of the molecule is O=C1CC(C2CC=CCC2)C(Cc2ccccc2)C(=O)N1. The number of allylic oxidation sites excluding steroid dienone is 2. The van der Waals surface area contributed by atoms with Crippen LogP contribution >= 0.6 is 0 Å². The fourth-order valence-corrected chi connectivity index (χ4v) is 3.65. The third-order valence-electron chi connectivity index (χ3n) is 4.75. The fourth-order valence-electron chi connectivity index (χ4n) is 3.65. The summed E-state index contributed by atoms with van der Waals surface area (Å²) in [7, 11) is 0. The maximum absolute atomic E-state index is 12.3. The molecule has 2 aliphatic rings. The molecule has 3 rings (SSSR count). The summed E-state index contributed by atoms with van der Waals surface area (Å²) in [6, 6.07) is 10.1. The molecule has 0 saturated carbocycles. The molecule has 21 heavy (non-hydrogen) atoms. The Morgan fingerprint density at radius 1 is 1.10 bits per heavy atom. The van der Waals surface area contributed by atoms with E-state index in [1.54, 1.807) is 0 Å². The molecule has 3 heteroatoms. The minimum Gasteiger partial charge on any atom is -0.296 e. The van der Waals surface area contributed by atoms with Crippen molar-refractivity contribution in [3.63, 3.8) is 0 Å². The third kappa shape index (κ3) is 3.23. The highest BCUT2D eigenvalue weighted by molar-refractivity contribution is 5.99. The molecule has 1 aromatic carbocycles. The molecule has 1 aromatic rings. The van der Waals surface area contributed by atoms with Gasteiger partial charge in [0.05, 0.1) is 0 Å². The van der Waals surface area contributed by atoms with Crippen molar-refractivity contribution >= 4 is 11.8 Å². The molecule has 1 heterocycles. The lowest BCUT2D eigenvalue weighted by Gasteiger charge is -2.36. The van der Waals surface area contributed by atoms with E-state index in [0.717, 1.165) is 25.7 Å². The van der Waals surface area contributed by atoms with Crippen molar-refractivity contribution in [1.82, 2.24) is 5.32 Å². The summed E-state index contributed by atoms with van der Waals surface area (Å²) >= 11 is 0. The van der Waals surface area contributed by atoms with Gasteiger partial charge in [-0.25, -0.2) is 0 Å². The van der Waals surface area contributed by atoms with E-state index in [9.17, 15) is 9.59 Å². The molecule has 3 atom stereocenters. The van der Waals surface area contributed by atoms with Crippen molar-refractivity contribution in [2.75, 3.05) is 0 Å². The smallest absolute Gasteiger partial charge is 0.230 e. The van der Waals surface area contributed by atoms with Crippen molar-refractivity contribution < 1.29 is 9.59 Å². The predicted molar refractivity (Wildman–Crippen MR) is 81.4 cm³/mol. The molecule has 1 aliphatic carbocycles. The van der Waals surface area contributed by atoms with Crippen LogP contribution < -0.4 is 5.32 Å². The second-order valence-corrected chi connectivity index (χ2v) is 6.12. The van der Waals surface area contributed by atoms with Crippen LogP contribution in [0.3, 0.4) is 0 Å². The number of piperidine rings is 1. The maximum Gasteiger partial charge on any atom is 0.230 e. The molecular weight excluding hydrogens is 262 g/mol. The summed E-state index contributed by atoms with van der Waals surface area (Å²) in [5.41, 5.74) is 1.17. The van der Waals surface area contributed by atoms with Crippen LogP contribution in [0.5, 0.6) is 0 Å². The van der Waals surface area contributed by atoms with Gasteiger partial charge in [0.2, 0.25) is 11.8 Å². The molecular formula is C18H21NO2. The Kier molecular flexibility index (Phi) is 4.18. The first-order valence-corrected chi connectivity index (χ1v) is 7.76. The molecule has 2 amide bonds. The Morgan fingerprint density at radius 3 is 2.62 bits per heavy atom. The second-order valence-electron chi connectivity index (χ2n) is 6.12. The van der Waals surface area contributed by atoms with Crippen LogP contribution in [-0.2, 0) is 16.0 Å². The standard InChI is InChI=1S/C18H21NO2/c20-17-12-15(14-9-5-2-6-10-14)16(18(21)19-17)11-13-7-3-1-4-8-13/h1-5,7-8,14-16H,6,9-12H2,(H,19,20,21). The first kappa shape index (κ1) is 14.1. The summed E-state index contributed by atoms with van der Waals surface area (Å²) in [5, 5.41) is 2.52. The Morgan fingerprint density at radius 2 is 1.90 bits per heavy atom. The number of carbonyl (C=O) groups is 2. The average molecular weight is 283 g/mol. The molecule has 3 nitrogen and oxygen atoms in total. The van der Waals surface area contributed by atoms with Crippen LogP contribution in [0.15, 0.2) is 42.5 Å². The van der Waals surface area contributed by atoms with Gasteiger partial charge in [0.1, 0.15) is 0 Å². The Balaban J connectivity index is 1.80. The molecule has 0 spiro atoms. The third-order valence-corrected chi connectivity index (χ3v) is 4.75. The normalized spacial score (nSPS) is 29.2. The van der Waals surface area contributed by atoms with Crippen LogP contribution in [0.25, 0.3) is 0 Å². The van der Waals surface area contributed by atoms with E-state index in [0.29, 0.717) is 12.3 Å². The van der Waals surface area contributed by atoms with Crippen molar-refractivity contribution in [3.8, 4) is 0 Å². The van der Waals surface area contributed by atoms with Gasteiger partial charge in [-0.3, -0.25) is 14.9 Å². The number of benzene rings is 1. The van der Waals surface area contributed by atoms with Gasteiger partial charge in [-0.1, -0.05) is 42.5 Å². The average Bonchev–Trinajstić information content (AvgIpc) is 2.51. The minimum atomic E-state index is -0.108. The van der Waals surface area contributed by atoms with Gasteiger partial charge in [-0.2, -0.15) is 0 Å². The molecule has 0 bridgehead atoms. The highest BCUT2D eigenvalue weighted by atomic mass is 16.2. The zero-order chi connectivity index (χ0) is 14.7. The number of carbonyl (C=O) groups excluding carboxylic acids is 2. The van der Waals surface area contributed by atoms with Gasteiger partial charge in [0.15, 0.2) is 0 Å². The lowest BCUT2D eigenvalue weighted by Crippen LogP contribution is -2.48. The van der Waals surface area contributed by atoms with E-state index in [2.05, 4.69) is 29.6 Å². The summed E-state index contributed by atoms with van der Waals surface area (Å²) in [6.07, 6.45) is 8.77. The Hall–Kier alpha value is -1.90. The number of amides is 2. The van der Waals surface area contributed by atoms with Crippen molar-refractivity contribution in [2.45, 2.75) is 32.1 Å². The predicted octanol–water partition coefficient (Wildman–Crippen LogP) is 2.86. The molecule has 110 valence electrons. The molecule has 0 radical (unpaired) electrons. The van der Waals surface area contributed by atoms with E-state index >= 15 is 0 Å². The van der Waals surface area contributed by atoms with E-state index in [1.807, 2.05) is 18.2 Å². The Labute approximate surface area is 125 Å². The van der Waals surface area contributed by atoms with Gasteiger partial charge < -0.3 is 0 Å². The van der Waals surface area contributed by atoms with Gasteiger partial charge in [0, 0.05) is 12.3 Å². The Bertz CT molecular complexity index is 550. The molecule has 0 aromatic heterocycles. The molecule has 3 unspecified atom stereocenters. The number of rotatable bonds is 3. The lowest BCUT2D eigenvalue weighted by molar-refractivity contribution is -0.140. The fraction of sp³-hybridized carbons (Fsp3) is 0.444. The zero-order valence-corrected chi connectivity index (χ0v) is 12.1. The molecule has 1 saturated heterocycles. The van der Waals surface area contributed by atoms with Crippen molar-refractivity contribution in [2.24, 2.45) is 17.8 Å². The summed E-state index contributed by atoms with van der Waals surface area (Å²) in [4.78, 5) is 24.1. The quantitative estimate of drug-likeness (QED) is 0.685. The van der Waals surface area contributed by atoms with E-state index in [1.165, 1.54) is 5.56 Å². The summed E-state index contributed by atoms with van der Waals surface area (Å²) in [6.45, 7) is 0. The summed E-state index contributed by atoms with van der Waals surface area (Å²) < 4.78 is 0. The van der Waals surface area contributed by atoms with Crippen LogP contribution in [0.2, 0.25) is 0 Å². The first-order chi connectivity index (χ1) is 10.2. The van der Waals surface area contributed by atoms with Gasteiger partial charge >= 0.3 is 0 Å². The zero-order valence-electron chi connectivity index (χ0n) is 12.1. The number of hydrogen-bond donors (Lipinski definition) is 1. The van der Waals surface area contributed by atoms with E-state index in [-0.39, 0.29) is 23.7 Å². The minimum absolute atomic E-state index is 0.0819. The van der Waals surface area contributed by atoms with Gasteiger partial charge in [-0.05, 0) is 43.1 Å². The van der Waals surface area contributed by atoms with Gasteiger partial charge in [0.25, 0.3) is 0 Å². The van der Waals surface area contributed by atoms with Crippen molar-refractivity contribution in [3.05, 3.63) is 48.0 Å². The highest BCUT2D eigenvalue weighted by Crippen LogP contribution is 2.37. The van der Waals surface area contributed by atoms with E-state index in [4.69, 9.17) is 0 Å².